The highest BCUT2D eigenvalue weighted by Crippen LogP contribution is 2.47. The Morgan fingerprint density at radius 1 is 1.00 bits per heavy atom. The lowest BCUT2D eigenvalue weighted by atomic mass is 10.1. The fourth-order valence-electron chi connectivity index (χ4n) is 2.76. The maximum atomic E-state index is 12.3. The average molecular weight is 337 g/mol. The molecular weight excluding hydrogens is 318 g/mol. The molecule has 4 N–H and O–H groups in total. The van der Waals surface area contributed by atoms with E-state index >= 15 is 0 Å². The minimum Gasteiger partial charge on any atom is -0.368 e. The van der Waals surface area contributed by atoms with Crippen molar-refractivity contribution in [3.63, 3.8) is 0 Å². The van der Waals surface area contributed by atoms with Gasteiger partial charge in [-0.2, -0.15) is 0 Å². The number of benzene rings is 2. The maximum absolute atomic E-state index is 12.3. The lowest BCUT2D eigenvalue weighted by Crippen LogP contribution is -2.33. The fraction of sp³-hybridized carbons (Fsp3) is 0.211. The van der Waals surface area contributed by atoms with E-state index in [1.807, 2.05) is 30.3 Å². The molecule has 3 rings (SSSR count). The highest BCUT2D eigenvalue weighted by molar-refractivity contribution is 5.98. The number of hydrogen-bond acceptors (Lipinski definition) is 3. The van der Waals surface area contributed by atoms with Crippen molar-refractivity contribution in [3.05, 3.63) is 65.7 Å². The summed E-state index contributed by atoms with van der Waals surface area (Å²) in [6.07, 6.45) is 0.851. The number of amides is 3. The first-order chi connectivity index (χ1) is 12.0. The van der Waals surface area contributed by atoms with E-state index in [2.05, 4.69) is 10.6 Å². The van der Waals surface area contributed by atoms with Crippen molar-refractivity contribution in [2.24, 2.45) is 11.7 Å². The molecule has 1 aliphatic carbocycles. The average Bonchev–Trinajstić information content (AvgIpc) is 3.42. The molecule has 0 radical (unpaired) electrons. The van der Waals surface area contributed by atoms with Crippen molar-refractivity contribution >= 4 is 23.4 Å². The number of nitrogens with one attached hydrogen (secondary N) is 2. The minimum absolute atomic E-state index is 0.0130. The van der Waals surface area contributed by atoms with Gasteiger partial charge in [-0.1, -0.05) is 30.3 Å². The number of primary amides is 1. The van der Waals surface area contributed by atoms with Gasteiger partial charge in [0.25, 0.3) is 5.91 Å². The van der Waals surface area contributed by atoms with E-state index in [4.69, 9.17) is 5.73 Å². The Balaban J connectivity index is 1.54. The number of rotatable bonds is 6. The summed E-state index contributed by atoms with van der Waals surface area (Å²) >= 11 is 0. The van der Waals surface area contributed by atoms with E-state index in [1.54, 1.807) is 24.3 Å². The molecule has 0 aromatic heterocycles. The molecule has 2 aromatic carbocycles. The molecule has 25 heavy (non-hydrogen) atoms. The molecule has 0 aliphatic heterocycles. The Morgan fingerprint density at radius 2 is 1.68 bits per heavy atom. The largest absolute Gasteiger partial charge is 0.368 e. The van der Waals surface area contributed by atoms with Crippen molar-refractivity contribution in [1.29, 1.82) is 0 Å². The van der Waals surface area contributed by atoms with Gasteiger partial charge in [0.1, 0.15) is 0 Å². The number of carbonyl (C=O) groups is 3. The molecule has 1 fully saturated rings. The highest BCUT2D eigenvalue weighted by Gasteiger charge is 2.43. The Kier molecular flexibility index (Phi) is 4.79. The van der Waals surface area contributed by atoms with Gasteiger partial charge in [0.15, 0.2) is 0 Å². The van der Waals surface area contributed by atoms with Crippen LogP contribution in [0.15, 0.2) is 54.6 Å². The van der Waals surface area contributed by atoms with Crippen molar-refractivity contribution in [1.82, 2.24) is 5.32 Å². The van der Waals surface area contributed by atoms with Gasteiger partial charge in [-0.15, -0.1) is 0 Å². The van der Waals surface area contributed by atoms with Gasteiger partial charge in [-0.3, -0.25) is 14.4 Å². The predicted molar refractivity (Wildman–Crippen MR) is 93.9 cm³/mol. The first-order valence-corrected chi connectivity index (χ1v) is 8.07. The number of carbonyl (C=O) groups excluding carboxylic acids is 3. The predicted octanol–water partition coefficient (Wildman–Crippen LogP) is 1.64. The normalized spacial score (nSPS) is 18.2. The fourth-order valence-corrected chi connectivity index (χ4v) is 2.76. The topological polar surface area (TPSA) is 101 Å². The van der Waals surface area contributed by atoms with Crippen LogP contribution in [0.3, 0.4) is 0 Å². The van der Waals surface area contributed by atoms with Crippen molar-refractivity contribution in [2.75, 3.05) is 11.9 Å². The second-order valence-corrected chi connectivity index (χ2v) is 6.07. The minimum atomic E-state index is -0.602. The summed E-state index contributed by atoms with van der Waals surface area (Å²) in [7, 11) is 0. The van der Waals surface area contributed by atoms with Crippen LogP contribution < -0.4 is 16.4 Å². The van der Waals surface area contributed by atoms with Crippen LogP contribution in [-0.2, 0) is 9.59 Å². The summed E-state index contributed by atoms with van der Waals surface area (Å²) in [5.74, 6) is -0.738. The molecule has 1 aliphatic rings. The number of nitrogens with two attached hydrogens (primary N) is 1. The Morgan fingerprint density at radius 3 is 2.32 bits per heavy atom. The van der Waals surface area contributed by atoms with Crippen LogP contribution in [-0.4, -0.2) is 24.3 Å². The highest BCUT2D eigenvalue weighted by atomic mass is 16.2. The molecule has 2 aromatic rings. The first kappa shape index (κ1) is 16.7. The van der Waals surface area contributed by atoms with Gasteiger partial charge in [-0.05, 0) is 42.2 Å². The van der Waals surface area contributed by atoms with Gasteiger partial charge >= 0.3 is 0 Å². The Bertz CT molecular complexity index is 787. The third-order valence-electron chi connectivity index (χ3n) is 4.19. The third-order valence-corrected chi connectivity index (χ3v) is 4.19. The van der Waals surface area contributed by atoms with Gasteiger partial charge in [0, 0.05) is 17.2 Å². The molecule has 2 atom stereocenters. The molecule has 0 bridgehead atoms. The zero-order chi connectivity index (χ0) is 17.8. The number of anilines is 1. The second-order valence-electron chi connectivity index (χ2n) is 6.07. The molecular formula is C19H19N3O3. The smallest absolute Gasteiger partial charge is 0.251 e. The lowest BCUT2D eigenvalue weighted by molar-refractivity contribution is -0.118. The summed E-state index contributed by atoms with van der Waals surface area (Å²) in [4.78, 5) is 34.8. The van der Waals surface area contributed by atoms with Crippen LogP contribution in [0.25, 0.3) is 0 Å². The van der Waals surface area contributed by atoms with E-state index < -0.39 is 5.91 Å². The third kappa shape index (κ3) is 4.23. The molecule has 0 heterocycles. The molecule has 0 unspecified atom stereocenters. The molecule has 3 amide bonds. The molecule has 0 saturated heterocycles. The summed E-state index contributed by atoms with van der Waals surface area (Å²) in [5, 5.41) is 5.29. The van der Waals surface area contributed by atoms with E-state index in [9.17, 15) is 14.4 Å². The van der Waals surface area contributed by atoms with Gasteiger partial charge < -0.3 is 16.4 Å². The van der Waals surface area contributed by atoms with E-state index in [0.717, 1.165) is 6.42 Å². The lowest BCUT2D eigenvalue weighted by Gasteiger charge is -2.07. The van der Waals surface area contributed by atoms with Crippen LogP contribution in [0.4, 0.5) is 5.69 Å². The Hall–Kier alpha value is -3.15. The van der Waals surface area contributed by atoms with Crippen molar-refractivity contribution < 1.29 is 14.4 Å². The van der Waals surface area contributed by atoms with Gasteiger partial charge in [0.2, 0.25) is 11.8 Å². The molecule has 6 heteroatoms. The van der Waals surface area contributed by atoms with E-state index in [-0.39, 0.29) is 30.2 Å². The van der Waals surface area contributed by atoms with Crippen molar-refractivity contribution in [3.8, 4) is 0 Å². The monoisotopic (exact) mass is 337 g/mol. The summed E-state index contributed by atoms with van der Waals surface area (Å²) in [6, 6.07) is 16.5. The number of hydrogen-bond donors (Lipinski definition) is 3. The van der Waals surface area contributed by atoms with E-state index in [0.29, 0.717) is 11.3 Å². The zero-order valence-corrected chi connectivity index (χ0v) is 13.6. The van der Waals surface area contributed by atoms with Crippen LogP contribution in [0.1, 0.15) is 28.3 Å². The molecule has 6 nitrogen and oxygen atoms in total. The summed E-state index contributed by atoms with van der Waals surface area (Å²) in [5.41, 5.74) is 7.20. The standard InChI is InChI=1S/C19H19N3O3/c20-17(23)11-21-18(24)13-6-8-14(9-7-13)22-19(25)16-10-15(16)12-4-2-1-3-5-12/h1-9,15-16H,10-11H2,(H2,20,23)(H,21,24)(H,22,25)/t15-,16-/m1/s1. The zero-order valence-electron chi connectivity index (χ0n) is 13.6. The van der Waals surface area contributed by atoms with Gasteiger partial charge in [0.05, 0.1) is 6.54 Å². The molecule has 1 saturated carbocycles. The van der Waals surface area contributed by atoms with Crippen molar-refractivity contribution in [2.45, 2.75) is 12.3 Å². The SMILES string of the molecule is NC(=O)CNC(=O)c1ccc(NC(=O)[C@@H]2C[C@@H]2c2ccccc2)cc1. The maximum Gasteiger partial charge on any atom is 0.251 e. The summed E-state index contributed by atoms with van der Waals surface area (Å²) < 4.78 is 0. The van der Waals surface area contributed by atoms with Crippen LogP contribution in [0.5, 0.6) is 0 Å². The van der Waals surface area contributed by atoms with Crippen LogP contribution in [0.2, 0.25) is 0 Å². The molecule has 0 spiro atoms. The van der Waals surface area contributed by atoms with Crippen LogP contribution in [0, 0.1) is 5.92 Å². The van der Waals surface area contributed by atoms with Gasteiger partial charge in [-0.25, -0.2) is 0 Å². The Labute approximate surface area is 145 Å². The van der Waals surface area contributed by atoms with E-state index in [1.165, 1.54) is 5.56 Å². The first-order valence-electron chi connectivity index (χ1n) is 8.07. The summed E-state index contributed by atoms with van der Waals surface area (Å²) in [6.45, 7) is -0.208. The molecule has 128 valence electrons. The quantitative estimate of drug-likeness (QED) is 0.747. The second kappa shape index (κ2) is 7.17. The van der Waals surface area contributed by atoms with Crippen LogP contribution >= 0.6 is 0 Å².